The molecule has 1 atom stereocenters. The van der Waals surface area contributed by atoms with Crippen molar-refractivity contribution in [1.29, 1.82) is 0 Å². The first kappa shape index (κ1) is 12.1. The Morgan fingerprint density at radius 2 is 2.47 bits per heavy atom. The number of aryl methyl sites for hydroxylation is 2. The van der Waals surface area contributed by atoms with E-state index in [-0.39, 0.29) is 5.91 Å². The van der Waals surface area contributed by atoms with Crippen molar-refractivity contribution in [3.05, 3.63) is 11.5 Å². The molecule has 0 spiro atoms. The van der Waals surface area contributed by atoms with E-state index in [1.807, 2.05) is 13.8 Å². The highest BCUT2D eigenvalue weighted by molar-refractivity contribution is 5.92. The van der Waals surface area contributed by atoms with Crippen molar-refractivity contribution in [2.75, 3.05) is 11.9 Å². The van der Waals surface area contributed by atoms with E-state index in [1.165, 1.54) is 0 Å². The van der Waals surface area contributed by atoms with Crippen molar-refractivity contribution in [2.45, 2.75) is 45.6 Å². The standard InChI is InChI=1S/C12H19N3O2/c1-3-10-12(8(2)17-15-10)14-11(16)7-9-5-4-6-13-9/h9,13H,3-7H2,1-2H3,(H,14,16). The van der Waals surface area contributed by atoms with E-state index in [9.17, 15) is 4.79 Å². The molecule has 2 N–H and O–H groups in total. The summed E-state index contributed by atoms with van der Waals surface area (Å²) in [5.74, 6) is 0.708. The molecule has 17 heavy (non-hydrogen) atoms. The van der Waals surface area contributed by atoms with E-state index < -0.39 is 0 Å². The van der Waals surface area contributed by atoms with Crippen LogP contribution in [0.1, 0.15) is 37.6 Å². The van der Waals surface area contributed by atoms with Gasteiger partial charge in [0.05, 0.1) is 0 Å². The van der Waals surface area contributed by atoms with E-state index in [0.29, 0.717) is 18.2 Å². The number of hydrogen-bond donors (Lipinski definition) is 2. The van der Waals surface area contributed by atoms with Gasteiger partial charge in [-0.05, 0) is 32.7 Å². The van der Waals surface area contributed by atoms with Gasteiger partial charge in [-0.25, -0.2) is 0 Å². The van der Waals surface area contributed by atoms with E-state index >= 15 is 0 Å². The summed E-state index contributed by atoms with van der Waals surface area (Å²) in [6.07, 6.45) is 3.52. The van der Waals surface area contributed by atoms with Crippen LogP contribution in [0.15, 0.2) is 4.52 Å². The highest BCUT2D eigenvalue weighted by Crippen LogP contribution is 2.21. The first-order chi connectivity index (χ1) is 8.20. The monoisotopic (exact) mass is 237 g/mol. The van der Waals surface area contributed by atoms with Crippen LogP contribution in [0.2, 0.25) is 0 Å². The van der Waals surface area contributed by atoms with Crippen LogP contribution in [-0.2, 0) is 11.2 Å². The molecule has 1 saturated heterocycles. The molecular weight excluding hydrogens is 218 g/mol. The van der Waals surface area contributed by atoms with Crippen molar-refractivity contribution in [3.8, 4) is 0 Å². The molecule has 5 heteroatoms. The van der Waals surface area contributed by atoms with Gasteiger partial charge in [0.1, 0.15) is 11.4 Å². The van der Waals surface area contributed by atoms with E-state index in [1.54, 1.807) is 0 Å². The second-order valence-electron chi connectivity index (χ2n) is 4.46. The number of anilines is 1. The zero-order valence-electron chi connectivity index (χ0n) is 10.4. The first-order valence-electron chi connectivity index (χ1n) is 6.19. The Bertz CT molecular complexity index is 394. The summed E-state index contributed by atoms with van der Waals surface area (Å²) in [7, 11) is 0. The summed E-state index contributed by atoms with van der Waals surface area (Å²) in [6, 6.07) is 0.320. The fourth-order valence-corrected chi connectivity index (χ4v) is 2.16. The highest BCUT2D eigenvalue weighted by atomic mass is 16.5. The van der Waals surface area contributed by atoms with Gasteiger partial charge in [0.2, 0.25) is 5.91 Å². The Morgan fingerprint density at radius 3 is 3.12 bits per heavy atom. The van der Waals surface area contributed by atoms with Gasteiger partial charge >= 0.3 is 0 Å². The molecule has 94 valence electrons. The third kappa shape index (κ3) is 2.85. The number of hydrogen-bond acceptors (Lipinski definition) is 4. The van der Waals surface area contributed by atoms with Gasteiger partial charge in [-0.3, -0.25) is 4.79 Å². The smallest absolute Gasteiger partial charge is 0.226 e. The molecule has 0 aromatic carbocycles. The lowest BCUT2D eigenvalue weighted by atomic mass is 10.1. The highest BCUT2D eigenvalue weighted by Gasteiger charge is 2.20. The molecule has 0 saturated carbocycles. The predicted octanol–water partition coefficient (Wildman–Crippen LogP) is 1.63. The molecule has 0 aliphatic carbocycles. The van der Waals surface area contributed by atoms with Crippen LogP contribution in [-0.4, -0.2) is 23.7 Å². The fraction of sp³-hybridized carbons (Fsp3) is 0.667. The number of carbonyl (C=O) groups is 1. The van der Waals surface area contributed by atoms with Crippen LogP contribution in [0.25, 0.3) is 0 Å². The number of nitrogens with one attached hydrogen (secondary N) is 2. The Balaban J connectivity index is 1.94. The molecule has 1 unspecified atom stereocenters. The van der Waals surface area contributed by atoms with Gasteiger partial charge in [0, 0.05) is 12.5 Å². The van der Waals surface area contributed by atoms with Crippen LogP contribution in [0.5, 0.6) is 0 Å². The molecule has 2 rings (SSSR count). The molecule has 0 radical (unpaired) electrons. The zero-order valence-corrected chi connectivity index (χ0v) is 10.4. The second kappa shape index (κ2) is 5.31. The predicted molar refractivity (Wildman–Crippen MR) is 64.9 cm³/mol. The third-order valence-electron chi connectivity index (χ3n) is 3.13. The fourth-order valence-electron chi connectivity index (χ4n) is 2.16. The number of nitrogens with zero attached hydrogens (tertiary/aromatic N) is 1. The topological polar surface area (TPSA) is 67.2 Å². The van der Waals surface area contributed by atoms with Gasteiger partial charge < -0.3 is 15.2 Å². The summed E-state index contributed by atoms with van der Waals surface area (Å²) in [5, 5.41) is 10.1. The Hall–Kier alpha value is -1.36. The van der Waals surface area contributed by atoms with E-state index in [0.717, 1.165) is 37.2 Å². The lowest BCUT2D eigenvalue weighted by Crippen LogP contribution is -2.27. The Labute approximate surface area is 101 Å². The number of aromatic nitrogens is 1. The van der Waals surface area contributed by atoms with E-state index in [4.69, 9.17) is 4.52 Å². The summed E-state index contributed by atoms with van der Waals surface area (Å²) in [5.41, 5.74) is 1.56. The molecular formula is C12H19N3O2. The summed E-state index contributed by atoms with van der Waals surface area (Å²) in [4.78, 5) is 11.9. The molecule has 2 heterocycles. The SMILES string of the molecule is CCc1noc(C)c1NC(=O)CC1CCCN1. The molecule has 1 fully saturated rings. The van der Waals surface area contributed by atoms with Crippen molar-refractivity contribution in [3.63, 3.8) is 0 Å². The third-order valence-corrected chi connectivity index (χ3v) is 3.13. The summed E-state index contributed by atoms with van der Waals surface area (Å²) in [6.45, 7) is 4.82. The number of rotatable bonds is 4. The van der Waals surface area contributed by atoms with Gasteiger partial charge in [-0.15, -0.1) is 0 Å². The van der Waals surface area contributed by atoms with Crippen molar-refractivity contribution in [2.24, 2.45) is 0 Å². The molecule has 0 bridgehead atoms. The number of amides is 1. The maximum atomic E-state index is 11.9. The lowest BCUT2D eigenvalue weighted by molar-refractivity contribution is -0.116. The molecule has 5 nitrogen and oxygen atoms in total. The van der Waals surface area contributed by atoms with Crippen LogP contribution in [0.3, 0.4) is 0 Å². The first-order valence-corrected chi connectivity index (χ1v) is 6.19. The molecule has 1 aromatic heterocycles. The second-order valence-corrected chi connectivity index (χ2v) is 4.46. The minimum absolute atomic E-state index is 0.0328. The number of carbonyl (C=O) groups excluding carboxylic acids is 1. The largest absolute Gasteiger partial charge is 0.359 e. The minimum atomic E-state index is 0.0328. The molecule has 1 aliphatic heterocycles. The molecule has 1 aromatic rings. The summed E-state index contributed by atoms with van der Waals surface area (Å²) >= 11 is 0. The Morgan fingerprint density at radius 1 is 1.65 bits per heavy atom. The van der Waals surface area contributed by atoms with Gasteiger partial charge in [0.25, 0.3) is 0 Å². The minimum Gasteiger partial charge on any atom is -0.359 e. The maximum absolute atomic E-state index is 11.9. The van der Waals surface area contributed by atoms with Crippen LogP contribution < -0.4 is 10.6 Å². The van der Waals surface area contributed by atoms with E-state index in [2.05, 4.69) is 15.8 Å². The zero-order chi connectivity index (χ0) is 12.3. The van der Waals surface area contributed by atoms with Gasteiger partial charge in [0.15, 0.2) is 5.76 Å². The average molecular weight is 237 g/mol. The molecule has 1 amide bonds. The van der Waals surface area contributed by atoms with Crippen LogP contribution >= 0.6 is 0 Å². The Kier molecular flexibility index (Phi) is 3.78. The van der Waals surface area contributed by atoms with Crippen LogP contribution in [0.4, 0.5) is 5.69 Å². The van der Waals surface area contributed by atoms with Crippen molar-refractivity contribution < 1.29 is 9.32 Å². The summed E-state index contributed by atoms with van der Waals surface area (Å²) < 4.78 is 5.08. The normalized spacial score (nSPS) is 19.5. The lowest BCUT2D eigenvalue weighted by Gasteiger charge is -2.10. The van der Waals surface area contributed by atoms with Crippen molar-refractivity contribution >= 4 is 11.6 Å². The van der Waals surface area contributed by atoms with Gasteiger partial charge in [-0.2, -0.15) is 0 Å². The van der Waals surface area contributed by atoms with Crippen molar-refractivity contribution in [1.82, 2.24) is 10.5 Å². The van der Waals surface area contributed by atoms with Gasteiger partial charge in [-0.1, -0.05) is 12.1 Å². The maximum Gasteiger partial charge on any atom is 0.226 e. The molecule has 1 aliphatic rings. The quantitative estimate of drug-likeness (QED) is 0.835. The average Bonchev–Trinajstić information content (AvgIpc) is 2.90. The van der Waals surface area contributed by atoms with Crippen LogP contribution in [0, 0.1) is 6.92 Å².